The van der Waals surface area contributed by atoms with Crippen LogP contribution in [0.5, 0.6) is 0 Å². The first kappa shape index (κ1) is 26.3. The van der Waals surface area contributed by atoms with Crippen molar-refractivity contribution >= 4 is 11.9 Å². The van der Waals surface area contributed by atoms with E-state index in [0.29, 0.717) is 23.7 Å². The van der Waals surface area contributed by atoms with E-state index in [9.17, 15) is 14.7 Å². The van der Waals surface area contributed by atoms with Gasteiger partial charge in [0, 0.05) is 6.92 Å². The highest BCUT2D eigenvalue weighted by Crippen LogP contribution is 2.77. The van der Waals surface area contributed by atoms with Crippen LogP contribution in [0.2, 0.25) is 0 Å². The second-order valence-corrected chi connectivity index (χ2v) is 15.1. The number of carboxylic acid groups (broad SMARTS) is 1. The van der Waals surface area contributed by atoms with Gasteiger partial charge in [0.15, 0.2) is 0 Å². The summed E-state index contributed by atoms with van der Waals surface area (Å²) in [6.07, 6.45) is 10.8. The lowest BCUT2D eigenvalue weighted by Crippen LogP contribution is -2.68. The second-order valence-electron chi connectivity index (χ2n) is 15.1. The zero-order valence-corrected chi connectivity index (χ0v) is 23.9. The topological polar surface area (TPSA) is 63.6 Å². The molecule has 0 aromatic heterocycles. The first-order valence-electron chi connectivity index (χ1n) is 14.7. The summed E-state index contributed by atoms with van der Waals surface area (Å²) in [5.74, 6) is 1.50. The standard InChI is InChI=1S/C32H50O4/c1-19(2)21-11-14-28(4)17-18-30(6)22(26(21)28)9-10-23-29(5)15-13-25(36-20(3)33)32(8,27(34)35)24(29)12-16-31(23,30)7/h21-26H,1,9-18H2,2-8H3,(H,34,35)/t21-,22+,23+,24+,25+,26+,28+,29+,30+,31+,32+/m0/s1. The molecule has 0 bridgehead atoms. The number of esters is 1. The van der Waals surface area contributed by atoms with Gasteiger partial charge in [0.25, 0.3) is 0 Å². The van der Waals surface area contributed by atoms with Crippen molar-refractivity contribution < 1.29 is 19.4 Å². The van der Waals surface area contributed by atoms with E-state index in [1.54, 1.807) is 0 Å². The Hall–Kier alpha value is -1.32. The molecular formula is C32H50O4. The molecule has 0 saturated heterocycles. The molecule has 5 saturated carbocycles. The van der Waals surface area contributed by atoms with E-state index in [1.807, 2.05) is 6.92 Å². The number of carbonyl (C=O) groups excluding carboxylic acids is 1. The third-order valence-corrected chi connectivity index (χ3v) is 13.9. The van der Waals surface area contributed by atoms with Crippen LogP contribution >= 0.6 is 0 Å². The first-order valence-corrected chi connectivity index (χ1v) is 14.7. The zero-order valence-electron chi connectivity index (χ0n) is 23.9. The molecule has 0 unspecified atom stereocenters. The minimum atomic E-state index is -1.03. The lowest BCUT2D eigenvalue weighted by molar-refractivity contribution is -0.252. The minimum absolute atomic E-state index is 0.0299. The van der Waals surface area contributed by atoms with Gasteiger partial charge < -0.3 is 9.84 Å². The van der Waals surface area contributed by atoms with Crippen LogP contribution < -0.4 is 0 Å². The number of hydrogen-bond donors (Lipinski definition) is 1. The Kier molecular flexibility index (Phi) is 5.91. The van der Waals surface area contributed by atoms with Crippen LogP contribution in [0.4, 0.5) is 0 Å². The van der Waals surface area contributed by atoms with E-state index >= 15 is 0 Å². The number of ether oxygens (including phenoxy) is 1. The third-order valence-electron chi connectivity index (χ3n) is 13.9. The number of aliphatic carboxylic acids is 1. The van der Waals surface area contributed by atoms with Gasteiger partial charge in [-0.15, -0.1) is 0 Å². The zero-order chi connectivity index (χ0) is 26.5. The van der Waals surface area contributed by atoms with Crippen LogP contribution in [0.3, 0.4) is 0 Å². The SMILES string of the molecule is C=C(C)[C@@H]1CC[C@]2(C)CC[C@]3(C)[C@H](CC[C@@H]4[C@@]5(C)CC[C@@H](OC(C)=O)[C@](C)(C(=O)O)[C@@H]5CC[C@]43C)[C@@H]12. The summed E-state index contributed by atoms with van der Waals surface area (Å²) >= 11 is 0. The molecule has 5 aliphatic carbocycles. The predicted octanol–water partition coefficient (Wildman–Crippen LogP) is 7.66. The fourth-order valence-corrected chi connectivity index (χ4v) is 11.8. The van der Waals surface area contributed by atoms with Gasteiger partial charge in [-0.25, -0.2) is 0 Å². The van der Waals surface area contributed by atoms with Crippen molar-refractivity contribution in [3.8, 4) is 0 Å². The molecule has 0 amide bonds. The molecule has 5 aliphatic rings. The van der Waals surface area contributed by atoms with Crippen LogP contribution in [0, 0.1) is 56.7 Å². The van der Waals surface area contributed by atoms with E-state index in [4.69, 9.17) is 4.74 Å². The lowest BCUT2D eigenvalue weighted by atomic mass is 9.32. The molecule has 0 heterocycles. The highest BCUT2D eigenvalue weighted by atomic mass is 16.5. The number of allylic oxidation sites excluding steroid dienone is 1. The smallest absolute Gasteiger partial charge is 0.313 e. The van der Waals surface area contributed by atoms with Crippen LogP contribution in [0.25, 0.3) is 0 Å². The molecular weight excluding hydrogens is 448 g/mol. The summed E-state index contributed by atoms with van der Waals surface area (Å²) in [6, 6.07) is 0. The molecule has 0 aromatic rings. The maximum atomic E-state index is 12.9. The van der Waals surface area contributed by atoms with Crippen LogP contribution in [0.1, 0.15) is 113 Å². The van der Waals surface area contributed by atoms with E-state index < -0.39 is 17.5 Å². The maximum absolute atomic E-state index is 12.9. The summed E-state index contributed by atoms with van der Waals surface area (Å²) < 4.78 is 5.69. The Labute approximate surface area is 219 Å². The highest BCUT2D eigenvalue weighted by Gasteiger charge is 2.72. The molecule has 36 heavy (non-hydrogen) atoms. The lowest BCUT2D eigenvalue weighted by Gasteiger charge is -2.72. The fourth-order valence-electron chi connectivity index (χ4n) is 11.8. The van der Waals surface area contributed by atoms with Crippen LogP contribution in [0.15, 0.2) is 12.2 Å². The molecule has 5 fully saturated rings. The highest BCUT2D eigenvalue weighted by molar-refractivity contribution is 5.77. The summed E-state index contributed by atoms with van der Waals surface area (Å²) in [5.41, 5.74) is 1.24. The van der Waals surface area contributed by atoms with Gasteiger partial charge in [0.1, 0.15) is 11.5 Å². The van der Waals surface area contributed by atoms with Crippen molar-refractivity contribution in [2.75, 3.05) is 0 Å². The third kappa shape index (κ3) is 3.17. The Morgan fingerprint density at radius 2 is 1.50 bits per heavy atom. The summed E-state index contributed by atoms with van der Waals surface area (Å²) in [5, 5.41) is 10.5. The van der Waals surface area contributed by atoms with Gasteiger partial charge >= 0.3 is 11.9 Å². The van der Waals surface area contributed by atoms with E-state index in [1.165, 1.54) is 51.0 Å². The molecule has 0 radical (unpaired) electrons. The van der Waals surface area contributed by atoms with E-state index in [0.717, 1.165) is 31.1 Å². The van der Waals surface area contributed by atoms with Crippen molar-refractivity contribution in [1.29, 1.82) is 0 Å². The number of hydrogen-bond acceptors (Lipinski definition) is 3. The fraction of sp³-hybridized carbons (Fsp3) is 0.875. The van der Waals surface area contributed by atoms with Gasteiger partial charge in [-0.05, 0) is 129 Å². The van der Waals surface area contributed by atoms with E-state index in [-0.39, 0.29) is 28.1 Å². The van der Waals surface area contributed by atoms with Gasteiger partial charge in [0.2, 0.25) is 0 Å². The Morgan fingerprint density at radius 3 is 2.11 bits per heavy atom. The van der Waals surface area contributed by atoms with Crippen LogP contribution in [-0.2, 0) is 14.3 Å². The quantitative estimate of drug-likeness (QED) is 0.320. The molecule has 0 aliphatic heterocycles. The first-order chi connectivity index (χ1) is 16.6. The monoisotopic (exact) mass is 498 g/mol. The Morgan fingerprint density at radius 1 is 0.806 bits per heavy atom. The summed E-state index contributed by atoms with van der Waals surface area (Å²) in [7, 11) is 0. The molecule has 1 N–H and O–H groups in total. The molecule has 5 rings (SSSR count). The Balaban J connectivity index is 1.53. The van der Waals surface area contributed by atoms with Gasteiger partial charge in [-0.2, -0.15) is 0 Å². The maximum Gasteiger partial charge on any atom is 0.313 e. The summed E-state index contributed by atoms with van der Waals surface area (Å²) in [6.45, 7) is 20.2. The van der Waals surface area contributed by atoms with Crippen molar-refractivity contribution in [2.45, 2.75) is 119 Å². The number of fused-ring (bicyclic) bond motifs is 7. The van der Waals surface area contributed by atoms with Crippen LogP contribution in [-0.4, -0.2) is 23.1 Å². The molecule has 202 valence electrons. The average molecular weight is 499 g/mol. The number of carbonyl (C=O) groups is 2. The van der Waals surface area contributed by atoms with Crippen molar-refractivity contribution in [2.24, 2.45) is 56.7 Å². The van der Waals surface area contributed by atoms with Crippen molar-refractivity contribution in [3.05, 3.63) is 12.2 Å². The number of carboxylic acids is 1. The van der Waals surface area contributed by atoms with Gasteiger partial charge in [-0.3, -0.25) is 9.59 Å². The molecule has 4 nitrogen and oxygen atoms in total. The van der Waals surface area contributed by atoms with Gasteiger partial charge in [-0.1, -0.05) is 39.8 Å². The average Bonchev–Trinajstić information content (AvgIpc) is 3.14. The minimum Gasteiger partial charge on any atom is -0.481 e. The second kappa shape index (κ2) is 8.09. The van der Waals surface area contributed by atoms with Crippen molar-refractivity contribution in [3.63, 3.8) is 0 Å². The predicted molar refractivity (Wildman–Crippen MR) is 142 cm³/mol. The molecule has 0 spiro atoms. The molecule has 0 aromatic carbocycles. The Bertz CT molecular complexity index is 971. The van der Waals surface area contributed by atoms with Gasteiger partial charge in [0.05, 0.1) is 0 Å². The normalized spacial score (nSPS) is 53.9. The van der Waals surface area contributed by atoms with E-state index in [2.05, 4.69) is 41.2 Å². The largest absolute Gasteiger partial charge is 0.481 e. The van der Waals surface area contributed by atoms with Crippen molar-refractivity contribution in [1.82, 2.24) is 0 Å². The summed E-state index contributed by atoms with van der Waals surface area (Å²) in [4.78, 5) is 24.8. The number of rotatable bonds is 3. The molecule has 4 heteroatoms. The molecule has 11 atom stereocenters.